The number of nitrogens with one attached hydrogen (secondary N) is 1. The van der Waals surface area contributed by atoms with Gasteiger partial charge >= 0.3 is 0 Å². The van der Waals surface area contributed by atoms with E-state index in [1.807, 2.05) is 6.92 Å². The van der Waals surface area contributed by atoms with Crippen LogP contribution in [0.15, 0.2) is 12.7 Å². The van der Waals surface area contributed by atoms with Crippen LogP contribution in [0, 0.1) is 0 Å². The lowest BCUT2D eigenvalue weighted by Gasteiger charge is -2.27. The van der Waals surface area contributed by atoms with E-state index in [1.165, 1.54) is 6.33 Å². The lowest BCUT2D eigenvalue weighted by molar-refractivity contribution is -0.125. The lowest BCUT2D eigenvalue weighted by Crippen LogP contribution is -2.43. The maximum absolute atomic E-state index is 12.0. The molecule has 1 atom stereocenters. The molecule has 1 unspecified atom stereocenters. The van der Waals surface area contributed by atoms with E-state index in [-0.39, 0.29) is 18.0 Å². The van der Waals surface area contributed by atoms with Gasteiger partial charge in [-0.25, -0.2) is 9.67 Å². The minimum Gasteiger partial charge on any atom is -0.352 e. The molecule has 0 radical (unpaired) electrons. The number of aromatic nitrogens is 3. The monoisotopic (exact) mass is 237 g/mol. The zero-order valence-corrected chi connectivity index (χ0v) is 10.0. The summed E-state index contributed by atoms with van der Waals surface area (Å²) in [5, 5.41) is 7.01. The summed E-state index contributed by atoms with van der Waals surface area (Å²) in [5.41, 5.74) is 5.83. The highest BCUT2D eigenvalue weighted by molar-refractivity contribution is 5.80. The summed E-state index contributed by atoms with van der Waals surface area (Å²) in [6.07, 6.45) is 6.91. The van der Waals surface area contributed by atoms with E-state index in [0.717, 1.165) is 25.7 Å². The summed E-state index contributed by atoms with van der Waals surface area (Å²) < 4.78 is 1.56. The molecule has 1 aromatic rings. The molecule has 1 amide bonds. The Hall–Kier alpha value is -1.43. The van der Waals surface area contributed by atoms with Crippen molar-refractivity contribution in [1.82, 2.24) is 20.1 Å². The average Bonchev–Trinajstić information content (AvgIpc) is 2.84. The minimum absolute atomic E-state index is 0.00373. The molecular weight excluding hydrogens is 218 g/mol. The first-order valence-corrected chi connectivity index (χ1v) is 6.07. The van der Waals surface area contributed by atoms with E-state index in [0.29, 0.717) is 6.04 Å². The molecule has 1 fully saturated rings. The van der Waals surface area contributed by atoms with Gasteiger partial charge in [0, 0.05) is 12.1 Å². The first-order chi connectivity index (χ1) is 8.16. The first-order valence-electron chi connectivity index (χ1n) is 6.07. The van der Waals surface area contributed by atoms with Crippen LogP contribution < -0.4 is 11.1 Å². The molecule has 6 nitrogen and oxygen atoms in total. The standard InChI is InChI=1S/C11H19N5O/c1-8(16-7-13-6-14-16)11(17)15-10-4-2-9(12)3-5-10/h6-10H,2-5,12H2,1H3,(H,15,17). The summed E-state index contributed by atoms with van der Waals surface area (Å²) in [7, 11) is 0. The third-order valence-corrected chi connectivity index (χ3v) is 3.33. The Labute approximate surface area is 101 Å². The summed E-state index contributed by atoms with van der Waals surface area (Å²) in [4.78, 5) is 15.8. The first kappa shape index (κ1) is 12.0. The van der Waals surface area contributed by atoms with Crippen molar-refractivity contribution in [1.29, 1.82) is 0 Å². The molecule has 0 aliphatic heterocycles. The Morgan fingerprint density at radius 3 is 2.76 bits per heavy atom. The van der Waals surface area contributed by atoms with Gasteiger partial charge in [0.2, 0.25) is 5.91 Å². The van der Waals surface area contributed by atoms with Gasteiger partial charge in [-0.2, -0.15) is 5.10 Å². The fourth-order valence-electron chi connectivity index (χ4n) is 2.12. The van der Waals surface area contributed by atoms with Gasteiger partial charge in [-0.05, 0) is 32.6 Å². The molecule has 0 saturated heterocycles. The molecule has 94 valence electrons. The fraction of sp³-hybridized carbons (Fsp3) is 0.727. The Morgan fingerprint density at radius 2 is 2.18 bits per heavy atom. The number of rotatable bonds is 3. The van der Waals surface area contributed by atoms with E-state index in [2.05, 4.69) is 15.4 Å². The van der Waals surface area contributed by atoms with Gasteiger partial charge in [-0.3, -0.25) is 4.79 Å². The van der Waals surface area contributed by atoms with Gasteiger partial charge in [-0.15, -0.1) is 0 Å². The molecular formula is C11H19N5O. The second kappa shape index (κ2) is 5.27. The van der Waals surface area contributed by atoms with E-state index in [1.54, 1.807) is 11.0 Å². The molecule has 0 aromatic carbocycles. The highest BCUT2D eigenvalue weighted by atomic mass is 16.2. The predicted octanol–water partition coefficient (Wildman–Crippen LogP) is 0.225. The number of hydrogen-bond donors (Lipinski definition) is 2. The Balaban J connectivity index is 1.85. The van der Waals surface area contributed by atoms with Crippen LogP contribution >= 0.6 is 0 Å². The largest absolute Gasteiger partial charge is 0.352 e. The zero-order chi connectivity index (χ0) is 12.3. The van der Waals surface area contributed by atoms with Crippen molar-refractivity contribution in [2.24, 2.45) is 5.73 Å². The summed E-state index contributed by atoms with van der Waals surface area (Å²) in [6, 6.07) is 0.247. The zero-order valence-electron chi connectivity index (χ0n) is 10.0. The average molecular weight is 237 g/mol. The third-order valence-electron chi connectivity index (χ3n) is 3.33. The summed E-state index contributed by atoms with van der Waals surface area (Å²) in [5.74, 6) is -0.00373. The normalized spacial score (nSPS) is 26.5. The van der Waals surface area contributed by atoms with Crippen LogP contribution in [0.1, 0.15) is 38.6 Å². The van der Waals surface area contributed by atoms with Gasteiger partial charge in [0.15, 0.2) is 0 Å². The molecule has 2 rings (SSSR count). The molecule has 6 heteroatoms. The number of hydrogen-bond acceptors (Lipinski definition) is 4. The SMILES string of the molecule is CC(C(=O)NC1CCC(N)CC1)n1cncn1. The van der Waals surface area contributed by atoms with E-state index < -0.39 is 0 Å². The van der Waals surface area contributed by atoms with Gasteiger partial charge in [0.05, 0.1) is 0 Å². The van der Waals surface area contributed by atoms with Crippen molar-refractivity contribution >= 4 is 5.91 Å². The minimum atomic E-state index is -0.312. The van der Waals surface area contributed by atoms with E-state index in [4.69, 9.17) is 5.73 Å². The number of carbonyl (C=O) groups excluding carboxylic acids is 1. The number of nitrogens with zero attached hydrogens (tertiary/aromatic N) is 3. The summed E-state index contributed by atoms with van der Waals surface area (Å²) in [6.45, 7) is 1.82. The van der Waals surface area contributed by atoms with Crippen molar-refractivity contribution in [3.05, 3.63) is 12.7 Å². The van der Waals surface area contributed by atoms with Crippen molar-refractivity contribution < 1.29 is 4.79 Å². The molecule has 3 N–H and O–H groups in total. The van der Waals surface area contributed by atoms with Crippen molar-refractivity contribution in [3.8, 4) is 0 Å². The van der Waals surface area contributed by atoms with E-state index >= 15 is 0 Å². The van der Waals surface area contributed by atoms with Crippen LogP contribution in [0.2, 0.25) is 0 Å². The Kier molecular flexibility index (Phi) is 3.73. The van der Waals surface area contributed by atoms with Gasteiger partial charge < -0.3 is 11.1 Å². The fourth-order valence-corrected chi connectivity index (χ4v) is 2.12. The molecule has 0 spiro atoms. The molecule has 17 heavy (non-hydrogen) atoms. The quantitative estimate of drug-likeness (QED) is 0.787. The molecule has 1 heterocycles. The topological polar surface area (TPSA) is 85.8 Å². The number of amides is 1. The smallest absolute Gasteiger partial charge is 0.244 e. The maximum atomic E-state index is 12.0. The Morgan fingerprint density at radius 1 is 1.47 bits per heavy atom. The van der Waals surface area contributed by atoms with Crippen LogP contribution in [-0.2, 0) is 4.79 Å². The summed E-state index contributed by atoms with van der Waals surface area (Å²) >= 11 is 0. The highest BCUT2D eigenvalue weighted by Crippen LogP contribution is 2.17. The maximum Gasteiger partial charge on any atom is 0.244 e. The van der Waals surface area contributed by atoms with Crippen molar-refractivity contribution in [2.45, 2.75) is 50.7 Å². The molecule has 0 bridgehead atoms. The molecule has 1 aromatic heterocycles. The predicted molar refractivity (Wildman–Crippen MR) is 63.1 cm³/mol. The van der Waals surface area contributed by atoms with Crippen LogP contribution in [0.3, 0.4) is 0 Å². The highest BCUT2D eigenvalue weighted by Gasteiger charge is 2.23. The van der Waals surface area contributed by atoms with Crippen LogP contribution in [-0.4, -0.2) is 32.8 Å². The Bertz CT molecular complexity index is 356. The van der Waals surface area contributed by atoms with Crippen LogP contribution in [0.4, 0.5) is 0 Å². The second-order valence-electron chi connectivity index (χ2n) is 4.67. The lowest BCUT2D eigenvalue weighted by atomic mass is 9.92. The third kappa shape index (κ3) is 3.03. The van der Waals surface area contributed by atoms with Gasteiger partial charge in [0.1, 0.15) is 18.7 Å². The second-order valence-corrected chi connectivity index (χ2v) is 4.67. The molecule has 1 saturated carbocycles. The van der Waals surface area contributed by atoms with Crippen molar-refractivity contribution in [2.75, 3.05) is 0 Å². The van der Waals surface area contributed by atoms with Crippen LogP contribution in [0.25, 0.3) is 0 Å². The number of nitrogens with two attached hydrogens (primary N) is 1. The molecule has 1 aliphatic rings. The van der Waals surface area contributed by atoms with Crippen molar-refractivity contribution in [3.63, 3.8) is 0 Å². The van der Waals surface area contributed by atoms with Crippen LogP contribution in [0.5, 0.6) is 0 Å². The number of carbonyl (C=O) groups is 1. The van der Waals surface area contributed by atoms with E-state index in [9.17, 15) is 4.79 Å². The van der Waals surface area contributed by atoms with Gasteiger partial charge in [-0.1, -0.05) is 0 Å². The van der Waals surface area contributed by atoms with Gasteiger partial charge in [0.25, 0.3) is 0 Å². The molecule has 1 aliphatic carbocycles.